The van der Waals surface area contributed by atoms with Gasteiger partial charge in [-0.1, -0.05) is 54.6 Å². The monoisotopic (exact) mass is 538 g/mol. The van der Waals surface area contributed by atoms with Crippen LogP contribution in [-0.2, 0) is 22.1 Å². The van der Waals surface area contributed by atoms with Crippen molar-refractivity contribution in [2.24, 2.45) is 0 Å². The van der Waals surface area contributed by atoms with Crippen molar-refractivity contribution in [3.8, 4) is 11.1 Å². The van der Waals surface area contributed by atoms with Gasteiger partial charge in [-0.3, -0.25) is 0 Å². The summed E-state index contributed by atoms with van der Waals surface area (Å²) in [5.74, 6) is -1.57. The molecule has 0 radical (unpaired) electrons. The van der Waals surface area contributed by atoms with Gasteiger partial charge in [-0.05, 0) is 59.2 Å². The Hall–Kier alpha value is -4.01. The van der Waals surface area contributed by atoms with Crippen LogP contribution < -0.4 is 10.2 Å². The molecule has 1 heterocycles. The van der Waals surface area contributed by atoms with Crippen molar-refractivity contribution in [2.75, 3.05) is 24.6 Å². The number of carboxylic acid groups (broad SMARTS) is 1. The fraction of sp³-hybridized carbons (Fsp3) is 0.333. The topological polar surface area (TPSA) is 78.9 Å². The molecule has 204 valence electrons. The number of carboxylic acids is 1. The number of carbonyl (C=O) groups is 2. The molecule has 9 heteroatoms. The van der Waals surface area contributed by atoms with E-state index >= 15 is 0 Å². The van der Waals surface area contributed by atoms with E-state index in [4.69, 9.17) is 4.74 Å². The van der Waals surface area contributed by atoms with Crippen LogP contribution in [0.5, 0.6) is 0 Å². The quantitative estimate of drug-likeness (QED) is 0.373. The third-order valence-electron chi connectivity index (χ3n) is 7.44. The van der Waals surface area contributed by atoms with Gasteiger partial charge < -0.3 is 20.1 Å². The van der Waals surface area contributed by atoms with E-state index < -0.39 is 29.8 Å². The van der Waals surface area contributed by atoms with E-state index in [1.807, 2.05) is 48.5 Å². The molecular weight excluding hydrogens is 509 g/mol. The Kier molecular flexibility index (Phi) is 7.50. The molecule has 6 nitrogen and oxygen atoms in total. The maximum atomic E-state index is 13.9. The summed E-state index contributed by atoms with van der Waals surface area (Å²) >= 11 is 0. The fourth-order valence-corrected chi connectivity index (χ4v) is 5.57. The Morgan fingerprint density at radius 1 is 0.949 bits per heavy atom. The van der Waals surface area contributed by atoms with E-state index in [-0.39, 0.29) is 30.2 Å². The van der Waals surface area contributed by atoms with Crippen LogP contribution in [0.4, 0.5) is 23.7 Å². The minimum Gasteiger partial charge on any atom is -0.480 e. The lowest BCUT2D eigenvalue weighted by Gasteiger charge is -2.31. The molecule has 3 aromatic rings. The van der Waals surface area contributed by atoms with Gasteiger partial charge in [0.2, 0.25) is 0 Å². The van der Waals surface area contributed by atoms with Crippen LogP contribution in [0, 0.1) is 0 Å². The van der Waals surface area contributed by atoms with Crippen molar-refractivity contribution in [3.63, 3.8) is 0 Å². The largest absolute Gasteiger partial charge is 0.480 e. The van der Waals surface area contributed by atoms with E-state index in [1.54, 1.807) is 4.90 Å². The van der Waals surface area contributed by atoms with Crippen LogP contribution >= 0.6 is 0 Å². The van der Waals surface area contributed by atoms with Gasteiger partial charge in [0.1, 0.15) is 12.6 Å². The highest BCUT2D eigenvalue weighted by atomic mass is 19.4. The molecule has 0 saturated carbocycles. The van der Waals surface area contributed by atoms with Gasteiger partial charge >= 0.3 is 18.2 Å². The summed E-state index contributed by atoms with van der Waals surface area (Å²) in [5, 5.41) is 12.0. The number of fused-ring (bicyclic) bond motifs is 3. The predicted molar refractivity (Wildman–Crippen MR) is 141 cm³/mol. The number of benzene rings is 3. The number of hydrogen-bond acceptors (Lipinski definition) is 4. The Bertz CT molecular complexity index is 1320. The third kappa shape index (κ3) is 5.72. The smallest absolute Gasteiger partial charge is 0.418 e. The van der Waals surface area contributed by atoms with Gasteiger partial charge in [-0.15, -0.1) is 0 Å². The van der Waals surface area contributed by atoms with E-state index in [9.17, 15) is 27.9 Å². The highest BCUT2D eigenvalue weighted by Gasteiger charge is 2.36. The van der Waals surface area contributed by atoms with Crippen LogP contribution in [0.1, 0.15) is 47.4 Å². The average molecular weight is 539 g/mol. The van der Waals surface area contributed by atoms with Crippen molar-refractivity contribution in [1.82, 2.24) is 5.32 Å². The number of nitrogens with zero attached hydrogens (tertiary/aromatic N) is 1. The zero-order valence-corrected chi connectivity index (χ0v) is 21.2. The van der Waals surface area contributed by atoms with Crippen LogP contribution in [0.2, 0.25) is 0 Å². The van der Waals surface area contributed by atoms with Gasteiger partial charge in [-0.2, -0.15) is 13.2 Å². The lowest BCUT2D eigenvalue weighted by Crippen LogP contribution is -2.43. The summed E-state index contributed by atoms with van der Waals surface area (Å²) in [4.78, 5) is 26.3. The number of piperidine rings is 1. The van der Waals surface area contributed by atoms with Crippen LogP contribution in [0.3, 0.4) is 0 Å². The number of aliphatic carboxylic acids is 1. The molecule has 1 amide bonds. The summed E-state index contributed by atoms with van der Waals surface area (Å²) in [5.41, 5.74) is 3.59. The number of alkyl carbamates (subject to hydrolysis) is 1. The number of nitrogens with one attached hydrogen (secondary N) is 1. The first-order valence-corrected chi connectivity index (χ1v) is 13.0. The van der Waals surface area contributed by atoms with Gasteiger partial charge in [0.05, 0.1) is 5.56 Å². The molecule has 2 N–H and O–H groups in total. The van der Waals surface area contributed by atoms with Crippen molar-refractivity contribution in [1.29, 1.82) is 0 Å². The van der Waals surface area contributed by atoms with Crippen molar-refractivity contribution >= 4 is 17.7 Å². The molecule has 0 aromatic heterocycles. The normalized spacial score (nSPS) is 15.8. The first-order chi connectivity index (χ1) is 18.7. The van der Waals surface area contributed by atoms with E-state index in [0.29, 0.717) is 13.1 Å². The molecule has 39 heavy (non-hydrogen) atoms. The van der Waals surface area contributed by atoms with Gasteiger partial charge in [0, 0.05) is 31.1 Å². The first-order valence-electron chi connectivity index (χ1n) is 13.0. The SMILES string of the molecule is O=C(NC(Cc1ccc(N2CCCCC2)c(C(F)(F)F)c1)C(=O)O)OCC1c2ccccc2-c2ccccc21. The number of alkyl halides is 3. The number of rotatable bonds is 7. The minimum absolute atomic E-state index is 0.00501. The molecule has 1 saturated heterocycles. The Morgan fingerprint density at radius 2 is 1.56 bits per heavy atom. The highest BCUT2D eigenvalue weighted by molar-refractivity contribution is 5.81. The second-order valence-corrected chi connectivity index (χ2v) is 9.96. The standard InChI is InChI=1S/C30H29F3N2O4/c31-30(32,33)25-16-19(12-13-27(25)35-14-6-1-7-15-35)17-26(28(36)37)34-29(38)39-18-24-22-10-4-2-8-20(22)21-9-3-5-11-23(21)24/h2-5,8-13,16,24,26H,1,6-7,14-15,17-18H2,(H,34,38)(H,36,37). The number of anilines is 1. The van der Waals surface area contributed by atoms with E-state index in [1.165, 1.54) is 12.1 Å². The fourth-order valence-electron chi connectivity index (χ4n) is 5.57. The van der Waals surface area contributed by atoms with Gasteiger partial charge in [0.15, 0.2) is 0 Å². The predicted octanol–water partition coefficient (Wildman–Crippen LogP) is 6.23. The minimum atomic E-state index is -4.60. The molecule has 1 aliphatic heterocycles. The summed E-state index contributed by atoms with van der Waals surface area (Å²) in [6, 6.07) is 18.0. The van der Waals surface area contributed by atoms with Crippen LogP contribution in [0.15, 0.2) is 66.7 Å². The summed E-state index contributed by atoms with van der Waals surface area (Å²) in [6.07, 6.45) is -3.22. The average Bonchev–Trinajstić information content (AvgIpc) is 3.25. The molecule has 0 bridgehead atoms. The summed E-state index contributed by atoms with van der Waals surface area (Å²) < 4.78 is 47.2. The lowest BCUT2D eigenvalue weighted by molar-refractivity contribution is -0.139. The van der Waals surface area contributed by atoms with E-state index in [2.05, 4.69) is 5.32 Å². The number of hydrogen-bond donors (Lipinski definition) is 2. The molecule has 1 fully saturated rings. The zero-order chi connectivity index (χ0) is 27.6. The van der Waals surface area contributed by atoms with Crippen molar-refractivity contribution in [3.05, 3.63) is 89.0 Å². The molecule has 5 rings (SSSR count). The molecular formula is C30H29F3N2O4. The number of carbonyl (C=O) groups excluding carboxylic acids is 1. The van der Waals surface area contributed by atoms with Gasteiger partial charge in [-0.25, -0.2) is 9.59 Å². The summed E-state index contributed by atoms with van der Waals surface area (Å²) in [6.45, 7) is 1.09. The Balaban J connectivity index is 1.28. The number of halogens is 3. The van der Waals surface area contributed by atoms with Crippen molar-refractivity contribution < 1.29 is 32.6 Å². The molecule has 3 aromatic carbocycles. The van der Waals surface area contributed by atoms with Crippen molar-refractivity contribution in [2.45, 2.75) is 43.8 Å². The number of amides is 1. The Labute approximate surface area is 224 Å². The molecule has 1 aliphatic carbocycles. The maximum Gasteiger partial charge on any atom is 0.418 e. The van der Waals surface area contributed by atoms with Crippen LogP contribution in [0.25, 0.3) is 11.1 Å². The van der Waals surface area contributed by atoms with E-state index in [0.717, 1.165) is 47.6 Å². The lowest BCUT2D eigenvalue weighted by atomic mass is 9.98. The molecule has 0 spiro atoms. The zero-order valence-electron chi connectivity index (χ0n) is 21.2. The highest BCUT2D eigenvalue weighted by Crippen LogP contribution is 2.44. The third-order valence-corrected chi connectivity index (χ3v) is 7.44. The molecule has 1 unspecified atom stereocenters. The van der Waals surface area contributed by atoms with Gasteiger partial charge in [0.25, 0.3) is 0 Å². The second kappa shape index (κ2) is 11.0. The van der Waals surface area contributed by atoms with Crippen LogP contribution in [-0.4, -0.2) is 42.9 Å². The molecule has 1 atom stereocenters. The molecule has 2 aliphatic rings. The maximum absolute atomic E-state index is 13.9. The summed E-state index contributed by atoms with van der Waals surface area (Å²) in [7, 11) is 0. The first kappa shape index (κ1) is 26.6. The second-order valence-electron chi connectivity index (χ2n) is 9.96. The Morgan fingerprint density at radius 3 is 2.15 bits per heavy atom. The number of ether oxygens (including phenoxy) is 1.